The minimum absolute atomic E-state index is 0.276. The van der Waals surface area contributed by atoms with E-state index in [4.69, 9.17) is 5.73 Å². The molecule has 3 heteroatoms. The average molecular weight is 266 g/mol. The van der Waals surface area contributed by atoms with Gasteiger partial charge in [-0.1, -0.05) is 33.1 Å². The Labute approximate surface area is 117 Å². The number of rotatable bonds is 6. The third-order valence-electron chi connectivity index (χ3n) is 5.32. The Balaban J connectivity index is 2.06. The van der Waals surface area contributed by atoms with Crippen molar-refractivity contribution in [2.24, 2.45) is 23.0 Å². The zero-order valence-electron chi connectivity index (χ0n) is 12.7. The summed E-state index contributed by atoms with van der Waals surface area (Å²) >= 11 is 0. The normalized spacial score (nSPS) is 26.8. The molecule has 2 atom stereocenters. The third-order valence-corrected chi connectivity index (χ3v) is 5.32. The fourth-order valence-electron chi connectivity index (χ4n) is 4.32. The van der Waals surface area contributed by atoms with Crippen molar-refractivity contribution in [1.29, 1.82) is 0 Å². The van der Waals surface area contributed by atoms with E-state index >= 15 is 0 Å². The van der Waals surface area contributed by atoms with Gasteiger partial charge < -0.3 is 10.6 Å². The zero-order chi connectivity index (χ0) is 13.9. The molecule has 1 aliphatic heterocycles. The third kappa shape index (κ3) is 2.81. The summed E-state index contributed by atoms with van der Waals surface area (Å²) in [4.78, 5) is 15.1. The molecule has 2 unspecified atom stereocenters. The maximum absolute atomic E-state index is 13.0. The summed E-state index contributed by atoms with van der Waals surface area (Å²) < 4.78 is 0. The van der Waals surface area contributed by atoms with Crippen LogP contribution in [-0.4, -0.2) is 30.4 Å². The van der Waals surface area contributed by atoms with Gasteiger partial charge >= 0.3 is 0 Å². The molecule has 3 nitrogen and oxygen atoms in total. The first-order valence-electron chi connectivity index (χ1n) is 8.16. The van der Waals surface area contributed by atoms with E-state index in [9.17, 15) is 4.79 Å². The molecule has 0 spiro atoms. The lowest BCUT2D eigenvalue weighted by Gasteiger charge is -2.35. The number of fused-ring (bicyclic) bond motifs is 1. The molecule has 2 N–H and O–H groups in total. The van der Waals surface area contributed by atoms with Gasteiger partial charge in [0.15, 0.2) is 0 Å². The van der Waals surface area contributed by atoms with Crippen LogP contribution in [0.3, 0.4) is 0 Å². The van der Waals surface area contributed by atoms with E-state index in [1.165, 1.54) is 19.3 Å². The molecule has 1 heterocycles. The zero-order valence-corrected chi connectivity index (χ0v) is 12.7. The second-order valence-corrected chi connectivity index (χ2v) is 6.65. The van der Waals surface area contributed by atoms with E-state index in [1.54, 1.807) is 0 Å². The highest BCUT2D eigenvalue weighted by molar-refractivity contribution is 5.83. The van der Waals surface area contributed by atoms with Gasteiger partial charge in [-0.25, -0.2) is 0 Å². The van der Waals surface area contributed by atoms with Gasteiger partial charge in [-0.15, -0.1) is 0 Å². The van der Waals surface area contributed by atoms with Gasteiger partial charge in [-0.2, -0.15) is 0 Å². The molecule has 110 valence electrons. The highest BCUT2D eigenvalue weighted by Crippen LogP contribution is 2.40. The summed E-state index contributed by atoms with van der Waals surface area (Å²) in [7, 11) is 0. The minimum atomic E-state index is -0.276. The molecule has 0 aromatic rings. The van der Waals surface area contributed by atoms with E-state index in [0.717, 1.165) is 50.6 Å². The number of carbonyl (C=O) groups is 1. The minimum Gasteiger partial charge on any atom is -0.342 e. The molecule has 1 saturated heterocycles. The average Bonchev–Trinajstić information content (AvgIpc) is 2.98. The molecule has 0 aromatic carbocycles. The lowest BCUT2D eigenvalue weighted by Crippen LogP contribution is -2.47. The Hall–Kier alpha value is -0.570. The van der Waals surface area contributed by atoms with E-state index < -0.39 is 0 Å². The van der Waals surface area contributed by atoms with Gasteiger partial charge in [0.2, 0.25) is 5.91 Å². The molecule has 2 rings (SSSR count). The topological polar surface area (TPSA) is 46.3 Å². The van der Waals surface area contributed by atoms with Crippen LogP contribution >= 0.6 is 0 Å². The van der Waals surface area contributed by atoms with E-state index in [2.05, 4.69) is 18.7 Å². The fourth-order valence-corrected chi connectivity index (χ4v) is 4.32. The number of hydrogen-bond acceptors (Lipinski definition) is 2. The summed E-state index contributed by atoms with van der Waals surface area (Å²) in [6.07, 6.45) is 8.00. The largest absolute Gasteiger partial charge is 0.342 e. The quantitative estimate of drug-likeness (QED) is 0.803. The van der Waals surface area contributed by atoms with Crippen molar-refractivity contribution < 1.29 is 4.79 Å². The van der Waals surface area contributed by atoms with Gasteiger partial charge in [-0.05, 0) is 37.5 Å². The molecular formula is C16H30N2O. The predicted octanol–water partition coefficient (Wildman–Crippen LogP) is 2.79. The molecule has 2 aliphatic rings. The smallest absolute Gasteiger partial charge is 0.230 e. The number of hydrogen-bond donors (Lipinski definition) is 1. The molecule has 19 heavy (non-hydrogen) atoms. The van der Waals surface area contributed by atoms with Gasteiger partial charge in [0.1, 0.15) is 0 Å². The first-order chi connectivity index (χ1) is 9.16. The monoisotopic (exact) mass is 266 g/mol. The molecule has 0 radical (unpaired) electrons. The second kappa shape index (κ2) is 6.25. The Kier molecular flexibility index (Phi) is 4.88. The fraction of sp³-hybridized carbons (Fsp3) is 0.938. The van der Waals surface area contributed by atoms with Crippen LogP contribution in [0.15, 0.2) is 0 Å². The van der Waals surface area contributed by atoms with E-state index in [1.807, 2.05) is 0 Å². The summed E-state index contributed by atoms with van der Waals surface area (Å²) in [5.41, 5.74) is 5.74. The maximum atomic E-state index is 13.0. The van der Waals surface area contributed by atoms with Crippen molar-refractivity contribution in [2.45, 2.75) is 58.8 Å². The molecule has 2 fully saturated rings. The Morgan fingerprint density at radius 3 is 2.11 bits per heavy atom. The summed E-state index contributed by atoms with van der Waals surface area (Å²) in [5, 5.41) is 0. The van der Waals surface area contributed by atoms with Crippen LogP contribution in [0.1, 0.15) is 58.8 Å². The van der Waals surface area contributed by atoms with Crippen LogP contribution in [0.5, 0.6) is 0 Å². The van der Waals surface area contributed by atoms with Crippen LogP contribution in [0.25, 0.3) is 0 Å². The number of nitrogens with zero attached hydrogens (tertiary/aromatic N) is 1. The lowest BCUT2D eigenvalue weighted by molar-refractivity contribution is -0.142. The summed E-state index contributed by atoms with van der Waals surface area (Å²) in [6.45, 7) is 6.83. The first-order valence-corrected chi connectivity index (χ1v) is 8.16. The highest BCUT2D eigenvalue weighted by atomic mass is 16.2. The van der Waals surface area contributed by atoms with Crippen LogP contribution in [-0.2, 0) is 4.79 Å². The van der Waals surface area contributed by atoms with Crippen LogP contribution in [0.4, 0.5) is 0 Å². The number of amides is 1. The van der Waals surface area contributed by atoms with Gasteiger partial charge in [0, 0.05) is 19.6 Å². The Morgan fingerprint density at radius 2 is 1.68 bits per heavy atom. The highest BCUT2D eigenvalue weighted by Gasteiger charge is 2.44. The predicted molar refractivity (Wildman–Crippen MR) is 78.7 cm³/mol. The SMILES string of the molecule is CCCC(CN)(CCC)C(=O)N1CC2CCCC2C1. The van der Waals surface area contributed by atoms with Gasteiger partial charge in [-0.3, -0.25) is 4.79 Å². The van der Waals surface area contributed by atoms with E-state index in [0.29, 0.717) is 12.5 Å². The van der Waals surface area contributed by atoms with Crippen molar-refractivity contribution in [3.63, 3.8) is 0 Å². The number of carbonyl (C=O) groups excluding carboxylic acids is 1. The number of nitrogens with two attached hydrogens (primary N) is 1. The lowest BCUT2D eigenvalue weighted by atomic mass is 9.78. The van der Waals surface area contributed by atoms with Crippen molar-refractivity contribution >= 4 is 5.91 Å². The summed E-state index contributed by atoms with van der Waals surface area (Å²) in [6, 6.07) is 0. The molecule has 0 bridgehead atoms. The van der Waals surface area contributed by atoms with Crippen molar-refractivity contribution in [3.05, 3.63) is 0 Å². The van der Waals surface area contributed by atoms with E-state index in [-0.39, 0.29) is 5.41 Å². The summed E-state index contributed by atoms with van der Waals surface area (Å²) in [5.74, 6) is 1.92. The standard InChI is InChI=1S/C16H30N2O/c1-3-8-16(12-17,9-4-2)15(19)18-10-13-6-5-7-14(13)11-18/h13-14H,3-12,17H2,1-2H3. The van der Waals surface area contributed by atoms with Crippen LogP contribution < -0.4 is 5.73 Å². The maximum Gasteiger partial charge on any atom is 0.230 e. The van der Waals surface area contributed by atoms with Gasteiger partial charge in [0.25, 0.3) is 0 Å². The molecular weight excluding hydrogens is 236 g/mol. The Bertz CT molecular complexity index is 298. The molecule has 1 amide bonds. The Morgan fingerprint density at radius 1 is 1.16 bits per heavy atom. The first kappa shape index (κ1) is 14.8. The van der Waals surface area contributed by atoms with Gasteiger partial charge in [0.05, 0.1) is 5.41 Å². The van der Waals surface area contributed by atoms with Crippen LogP contribution in [0, 0.1) is 17.3 Å². The van der Waals surface area contributed by atoms with Crippen molar-refractivity contribution in [2.75, 3.05) is 19.6 Å². The van der Waals surface area contributed by atoms with Crippen molar-refractivity contribution in [3.8, 4) is 0 Å². The molecule has 0 aromatic heterocycles. The second-order valence-electron chi connectivity index (χ2n) is 6.65. The molecule has 1 aliphatic carbocycles. The van der Waals surface area contributed by atoms with Crippen LogP contribution in [0.2, 0.25) is 0 Å². The number of likely N-dealkylation sites (tertiary alicyclic amines) is 1. The molecule has 1 saturated carbocycles. The van der Waals surface area contributed by atoms with Crippen molar-refractivity contribution in [1.82, 2.24) is 4.90 Å².